The number of amides is 1. The van der Waals surface area contributed by atoms with E-state index >= 15 is 0 Å². The summed E-state index contributed by atoms with van der Waals surface area (Å²) in [5.74, 6) is 5.31. The minimum absolute atomic E-state index is 0.0369. The Morgan fingerprint density at radius 1 is 1.44 bits per heavy atom. The Kier molecular flexibility index (Phi) is 4.10. The average Bonchev–Trinajstić information content (AvgIpc) is 2.27. The molecule has 16 heavy (non-hydrogen) atoms. The predicted molar refractivity (Wildman–Crippen MR) is 63.2 cm³/mol. The second-order valence-corrected chi connectivity index (χ2v) is 3.69. The molecule has 0 aromatic heterocycles. The number of nitrogens with zero attached hydrogens (tertiary/aromatic N) is 1. The van der Waals surface area contributed by atoms with E-state index in [1.807, 2.05) is 19.1 Å². The minimum Gasteiger partial charge on any atom is -0.384 e. The quantitative estimate of drug-likeness (QED) is 0.714. The molecule has 0 radical (unpaired) electrons. The number of carbonyl (C=O) groups is 1. The average molecular weight is 217 g/mol. The Balaban J connectivity index is 3.13. The van der Waals surface area contributed by atoms with Crippen LogP contribution in [0.3, 0.4) is 0 Å². The third kappa shape index (κ3) is 2.85. The zero-order chi connectivity index (χ0) is 12.1. The first-order valence-electron chi connectivity index (χ1n) is 4.98. The second-order valence-electron chi connectivity index (χ2n) is 3.69. The van der Waals surface area contributed by atoms with Crippen LogP contribution in [0.1, 0.15) is 21.5 Å². The molecule has 3 nitrogen and oxygen atoms in total. The van der Waals surface area contributed by atoms with Crippen molar-refractivity contribution in [3.63, 3.8) is 0 Å². The molecule has 1 aromatic rings. The lowest BCUT2D eigenvalue weighted by Gasteiger charge is -2.12. The largest absolute Gasteiger partial charge is 0.384 e. The summed E-state index contributed by atoms with van der Waals surface area (Å²) in [6.07, 6.45) is 0. The monoisotopic (exact) mass is 217 g/mol. The molecular weight excluding hydrogens is 202 g/mol. The number of hydrogen-bond donors (Lipinski definition) is 1. The maximum atomic E-state index is 11.8. The lowest BCUT2D eigenvalue weighted by Crippen LogP contribution is -2.22. The minimum atomic E-state index is -0.176. The Labute approximate surface area is 95.7 Å². The number of benzene rings is 1. The van der Waals surface area contributed by atoms with E-state index in [1.165, 1.54) is 4.90 Å². The zero-order valence-corrected chi connectivity index (χ0v) is 9.74. The SMILES string of the molecule is Cc1ccc(C#CCO)cc1C(=O)N(C)C. The Morgan fingerprint density at radius 3 is 2.69 bits per heavy atom. The summed E-state index contributed by atoms with van der Waals surface area (Å²) in [7, 11) is 3.43. The van der Waals surface area contributed by atoms with E-state index in [9.17, 15) is 4.79 Å². The van der Waals surface area contributed by atoms with E-state index in [4.69, 9.17) is 5.11 Å². The molecule has 0 heterocycles. The molecule has 0 fully saturated rings. The van der Waals surface area contributed by atoms with Crippen LogP contribution < -0.4 is 0 Å². The molecule has 0 unspecified atom stereocenters. The number of rotatable bonds is 1. The summed E-state index contributed by atoms with van der Waals surface area (Å²) >= 11 is 0. The molecule has 0 bridgehead atoms. The van der Waals surface area contributed by atoms with Gasteiger partial charge in [0.2, 0.25) is 0 Å². The van der Waals surface area contributed by atoms with Gasteiger partial charge >= 0.3 is 0 Å². The molecule has 3 heteroatoms. The van der Waals surface area contributed by atoms with Gasteiger partial charge in [0, 0.05) is 25.2 Å². The van der Waals surface area contributed by atoms with Gasteiger partial charge < -0.3 is 10.0 Å². The number of aryl methyl sites for hydroxylation is 1. The van der Waals surface area contributed by atoms with Crippen molar-refractivity contribution in [2.75, 3.05) is 20.7 Å². The summed E-state index contributed by atoms with van der Waals surface area (Å²) in [6.45, 7) is 1.71. The standard InChI is InChI=1S/C13H15NO2/c1-10-6-7-11(5-4-8-15)9-12(10)13(16)14(2)3/h6-7,9,15H,8H2,1-3H3. The van der Waals surface area contributed by atoms with Crippen molar-refractivity contribution in [3.8, 4) is 11.8 Å². The molecular formula is C13H15NO2. The molecule has 0 aliphatic heterocycles. The van der Waals surface area contributed by atoms with Crippen LogP contribution in [0, 0.1) is 18.8 Å². The maximum Gasteiger partial charge on any atom is 0.253 e. The molecule has 0 atom stereocenters. The van der Waals surface area contributed by atoms with Crippen molar-refractivity contribution in [1.82, 2.24) is 4.90 Å². The number of aliphatic hydroxyl groups is 1. The van der Waals surface area contributed by atoms with Crippen LogP contribution in [0.5, 0.6) is 0 Å². The first-order chi connectivity index (χ1) is 7.56. The topological polar surface area (TPSA) is 40.5 Å². The summed E-state index contributed by atoms with van der Waals surface area (Å²) in [6, 6.07) is 5.45. The predicted octanol–water partition coefficient (Wildman–Crippen LogP) is 1.04. The molecule has 0 saturated carbocycles. The molecule has 0 spiro atoms. The van der Waals surface area contributed by atoms with Crippen LogP contribution in [0.2, 0.25) is 0 Å². The lowest BCUT2D eigenvalue weighted by molar-refractivity contribution is 0.0827. The van der Waals surface area contributed by atoms with Gasteiger partial charge in [0.1, 0.15) is 6.61 Å². The summed E-state index contributed by atoms with van der Waals surface area (Å²) in [5, 5.41) is 8.60. The first kappa shape index (κ1) is 12.3. The van der Waals surface area contributed by atoms with Crippen molar-refractivity contribution in [2.24, 2.45) is 0 Å². The van der Waals surface area contributed by atoms with Crippen LogP contribution >= 0.6 is 0 Å². The molecule has 0 saturated heterocycles. The highest BCUT2D eigenvalue weighted by Crippen LogP contribution is 2.12. The lowest BCUT2D eigenvalue weighted by atomic mass is 10.0. The molecule has 1 aromatic carbocycles. The molecule has 0 aliphatic carbocycles. The third-order valence-corrected chi connectivity index (χ3v) is 2.19. The first-order valence-corrected chi connectivity index (χ1v) is 4.98. The fourth-order valence-corrected chi connectivity index (χ4v) is 1.31. The van der Waals surface area contributed by atoms with Crippen molar-refractivity contribution < 1.29 is 9.90 Å². The van der Waals surface area contributed by atoms with Crippen molar-refractivity contribution in [2.45, 2.75) is 6.92 Å². The van der Waals surface area contributed by atoms with Gasteiger partial charge in [-0.05, 0) is 24.6 Å². The van der Waals surface area contributed by atoms with E-state index in [1.54, 1.807) is 20.2 Å². The summed E-state index contributed by atoms with van der Waals surface area (Å²) < 4.78 is 0. The summed E-state index contributed by atoms with van der Waals surface area (Å²) in [5.41, 5.74) is 2.31. The van der Waals surface area contributed by atoms with Gasteiger partial charge in [-0.3, -0.25) is 4.79 Å². The second kappa shape index (κ2) is 5.34. The fraction of sp³-hybridized carbons (Fsp3) is 0.308. The smallest absolute Gasteiger partial charge is 0.253 e. The van der Waals surface area contributed by atoms with Crippen molar-refractivity contribution >= 4 is 5.91 Å². The molecule has 1 rings (SSSR count). The normalized spacial score (nSPS) is 9.25. The van der Waals surface area contributed by atoms with Gasteiger partial charge in [0.05, 0.1) is 0 Å². The number of carbonyl (C=O) groups excluding carboxylic acids is 1. The van der Waals surface area contributed by atoms with E-state index in [2.05, 4.69) is 11.8 Å². The van der Waals surface area contributed by atoms with Gasteiger partial charge in [-0.1, -0.05) is 17.9 Å². The van der Waals surface area contributed by atoms with Crippen LogP contribution in [-0.2, 0) is 0 Å². The third-order valence-electron chi connectivity index (χ3n) is 2.19. The summed E-state index contributed by atoms with van der Waals surface area (Å²) in [4.78, 5) is 13.4. The number of aliphatic hydroxyl groups excluding tert-OH is 1. The van der Waals surface area contributed by atoms with Gasteiger partial charge in [0.25, 0.3) is 5.91 Å². The van der Waals surface area contributed by atoms with Crippen LogP contribution in [0.25, 0.3) is 0 Å². The van der Waals surface area contributed by atoms with Crippen molar-refractivity contribution in [1.29, 1.82) is 0 Å². The Morgan fingerprint density at radius 2 is 2.12 bits per heavy atom. The van der Waals surface area contributed by atoms with Gasteiger partial charge in [-0.2, -0.15) is 0 Å². The Bertz CT molecular complexity index is 453. The van der Waals surface area contributed by atoms with Crippen molar-refractivity contribution in [3.05, 3.63) is 34.9 Å². The molecule has 1 N–H and O–H groups in total. The van der Waals surface area contributed by atoms with E-state index in [-0.39, 0.29) is 12.5 Å². The highest BCUT2D eigenvalue weighted by Gasteiger charge is 2.10. The molecule has 0 aliphatic rings. The van der Waals surface area contributed by atoms with Gasteiger partial charge in [0.15, 0.2) is 0 Å². The highest BCUT2D eigenvalue weighted by atomic mass is 16.2. The van der Waals surface area contributed by atoms with E-state index < -0.39 is 0 Å². The van der Waals surface area contributed by atoms with Crippen LogP contribution in [0.15, 0.2) is 18.2 Å². The number of hydrogen-bond acceptors (Lipinski definition) is 2. The Hall–Kier alpha value is -1.79. The zero-order valence-electron chi connectivity index (χ0n) is 9.74. The van der Waals surface area contributed by atoms with Crippen LogP contribution in [-0.4, -0.2) is 36.6 Å². The molecule has 1 amide bonds. The van der Waals surface area contributed by atoms with E-state index in [0.29, 0.717) is 5.56 Å². The van der Waals surface area contributed by atoms with Gasteiger partial charge in [-0.15, -0.1) is 0 Å². The molecule has 84 valence electrons. The highest BCUT2D eigenvalue weighted by molar-refractivity contribution is 5.95. The van der Waals surface area contributed by atoms with E-state index in [0.717, 1.165) is 11.1 Å². The maximum absolute atomic E-state index is 11.8. The fourth-order valence-electron chi connectivity index (χ4n) is 1.31. The van der Waals surface area contributed by atoms with Crippen LogP contribution in [0.4, 0.5) is 0 Å². The van der Waals surface area contributed by atoms with Gasteiger partial charge in [-0.25, -0.2) is 0 Å².